The van der Waals surface area contributed by atoms with Gasteiger partial charge in [0, 0.05) is 24.9 Å². The summed E-state index contributed by atoms with van der Waals surface area (Å²) in [6.07, 6.45) is 4.72. The van der Waals surface area contributed by atoms with E-state index in [1.165, 1.54) is 0 Å². The molecule has 0 unspecified atom stereocenters. The lowest BCUT2D eigenvalue weighted by atomic mass is 9.91. The molecule has 1 saturated heterocycles. The van der Waals surface area contributed by atoms with E-state index in [1.54, 1.807) is 10.9 Å². The van der Waals surface area contributed by atoms with Crippen LogP contribution >= 0.6 is 0 Å². The second-order valence-corrected chi connectivity index (χ2v) is 4.01. The molecule has 0 spiro atoms. The topological polar surface area (TPSA) is 64.3 Å². The summed E-state index contributed by atoms with van der Waals surface area (Å²) in [5.74, 6) is -1.22. The number of rotatable bonds is 3. The van der Waals surface area contributed by atoms with Gasteiger partial charge in [0.25, 0.3) is 0 Å². The molecule has 0 radical (unpaired) electrons. The van der Waals surface area contributed by atoms with Crippen molar-refractivity contribution in [2.45, 2.75) is 32.4 Å². The predicted octanol–water partition coefficient (Wildman–Crippen LogP) is 1.46. The molecule has 0 amide bonds. The van der Waals surface area contributed by atoms with Crippen molar-refractivity contribution in [2.75, 3.05) is 6.61 Å². The number of aryl methyl sites for hydroxylation is 1. The molecule has 1 N–H and O–H groups in total. The molecule has 0 aliphatic carbocycles. The summed E-state index contributed by atoms with van der Waals surface area (Å²) in [4.78, 5) is 11.1. The van der Waals surface area contributed by atoms with E-state index in [9.17, 15) is 4.79 Å². The van der Waals surface area contributed by atoms with E-state index in [2.05, 4.69) is 5.10 Å². The molecule has 1 fully saturated rings. The van der Waals surface area contributed by atoms with Gasteiger partial charge in [0.1, 0.15) is 0 Å². The van der Waals surface area contributed by atoms with E-state index in [0.29, 0.717) is 13.0 Å². The number of hydrogen-bond donors (Lipinski definition) is 1. The molecule has 2 rings (SSSR count). The minimum absolute atomic E-state index is 0.341. The number of ether oxygens (including phenoxy) is 1. The van der Waals surface area contributed by atoms with E-state index in [4.69, 9.17) is 9.84 Å². The molecule has 0 saturated carbocycles. The summed E-state index contributed by atoms with van der Waals surface area (Å²) >= 11 is 0. The van der Waals surface area contributed by atoms with Crippen LogP contribution < -0.4 is 0 Å². The van der Waals surface area contributed by atoms with Gasteiger partial charge >= 0.3 is 5.97 Å². The third-order valence-electron chi connectivity index (χ3n) is 2.95. The summed E-state index contributed by atoms with van der Waals surface area (Å²) in [5.41, 5.74) is 0.869. The van der Waals surface area contributed by atoms with Crippen LogP contribution in [-0.4, -0.2) is 27.5 Å². The highest BCUT2D eigenvalue weighted by atomic mass is 16.5. The van der Waals surface area contributed by atoms with Crippen LogP contribution in [0.2, 0.25) is 0 Å². The number of nitrogens with zero attached hydrogens (tertiary/aromatic N) is 2. The highest BCUT2D eigenvalue weighted by molar-refractivity contribution is 5.71. The summed E-state index contributed by atoms with van der Waals surface area (Å²) in [6, 6.07) is 0. The van der Waals surface area contributed by atoms with Gasteiger partial charge in [0.15, 0.2) is 0 Å². The van der Waals surface area contributed by atoms with Crippen LogP contribution in [0, 0.1) is 5.92 Å². The Balaban J connectivity index is 2.19. The average molecular weight is 224 g/mol. The number of carbonyl (C=O) groups is 1. The summed E-state index contributed by atoms with van der Waals surface area (Å²) < 4.78 is 7.35. The van der Waals surface area contributed by atoms with Crippen LogP contribution in [0.25, 0.3) is 0 Å². The number of hydrogen-bond acceptors (Lipinski definition) is 3. The maximum Gasteiger partial charge on any atom is 0.309 e. The molecular formula is C11H16N2O3. The van der Waals surface area contributed by atoms with E-state index in [1.807, 2.05) is 13.1 Å². The Bertz CT molecular complexity index is 375. The van der Waals surface area contributed by atoms with Crippen LogP contribution in [0.5, 0.6) is 0 Å². The van der Waals surface area contributed by atoms with Crippen molar-refractivity contribution in [2.24, 2.45) is 5.92 Å². The number of aromatic nitrogens is 2. The fourth-order valence-electron chi connectivity index (χ4n) is 2.06. The molecule has 0 bridgehead atoms. The molecule has 88 valence electrons. The molecule has 1 aliphatic rings. The minimum atomic E-state index is -0.783. The molecule has 5 heteroatoms. The molecule has 2 heterocycles. The second kappa shape index (κ2) is 4.65. The second-order valence-electron chi connectivity index (χ2n) is 4.01. The first-order chi connectivity index (χ1) is 7.72. The Morgan fingerprint density at radius 1 is 1.75 bits per heavy atom. The van der Waals surface area contributed by atoms with Gasteiger partial charge in [-0.2, -0.15) is 5.10 Å². The van der Waals surface area contributed by atoms with Crippen molar-refractivity contribution in [3.8, 4) is 0 Å². The monoisotopic (exact) mass is 224 g/mol. The molecular weight excluding hydrogens is 208 g/mol. The van der Waals surface area contributed by atoms with Gasteiger partial charge < -0.3 is 9.84 Å². The maximum absolute atomic E-state index is 11.1. The zero-order valence-electron chi connectivity index (χ0n) is 9.30. The third kappa shape index (κ3) is 2.09. The molecule has 1 aromatic heterocycles. The van der Waals surface area contributed by atoms with Gasteiger partial charge in [-0.15, -0.1) is 0 Å². The van der Waals surface area contributed by atoms with Crippen molar-refractivity contribution >= 4 is 5.97 Å². The van der Waals surface area contributed by atoms with Gasteiger partial charge in [-0.25, -0.2) is 0 Å². The molecule has 0 aromatic carbocycles. The van der Waals surface area contributed by atoms with Crippen molar-refractivity contribution in [3.63, 3.8) is 0 Å². The fraction of sp³-hybridized carbons (Fsp3) is 0.636. The molecule has 5 nitrogen and oxygen atoms in total. The smallest absolute Gasteiger partial charge is 0.309 e. The van der Waals surface area contributed by atoms with Crippen LogP contribution in [0.3, 0.4) is 0 Å². The van der Waals surface area contributed by atoms with E-state index >= 15 is 0 Å². The van der Waals surface area contributed by atoms with E-state index in [0.717, 1.165) is 18.5 Å². The average Bonchev–Trinajstić information content (AvgIpc) is 2.77. The number of aliphatic carboxylic acids is 1. The Hall–Kier alpha value is -1.36. The largest absolute Gasteiger partial charge is 0.481 e. The summed E-state index contributed by atoms with van der Waals surface area (Å²) in [5, 5.41) is 13.3. The first kappa shape index (κ1) is 11.1. The van der Waals surface area contributed by atoms with Crippen LogP contribution in [0.15, 0.2) is 12.4 Å². The highest BCUT2D eigenvalue weighted by Crippen LogP contribution is 2.33. The Labute approximate surface area is 94.0 Å². The van der Waals surface area contributed by atoms with Gasteiger partial charge in [0.05, 0.1) is 18.2 Å². The zero-order valence-corrected chi connectivity index (χ0v) is 9.30. The summed E-state index contributed by atoms with van der Waals surface area (Å²) in [7, 11) is 0. The fourth-order valence-corrected chi connectivity index (χ4v) is 2.06. The van der Waals surface area contributed by atoms with Crippen molar-refractivity contribution in [1.29, 1.82) is 0 Å². The quantitative estimate of drug-likeness (QED) is 0.844. The minimum Gasteiger partial charge on any atom is -0.481 e. The number of carboxylic acids is 1. The molecule has 1 aliphatic heterocycles. The van der Waals surface area contributed by atoms with Gasteiger partial charge in [-0.3, -0.25) is 9.48 Å². The Morgan fingerprint density at radius 2 is 2.56 bits per heavy atom. The predicted molar refractivity (Wildman–Crippen MR) is 57.0 cm³/mol. The van der Waals surface area contributed by atoms with Crippen molar-refractivity contribution in [1.82, 2.24) is 9.78 Å². The SMILES string of the molecule is CCn1cc([C@@H]2OCCC[C@H]2C(=O)O)cn1. The van der Waals surface area contributed by atoms with E-state index < -0.39 is 11.9 Å². The maximum atomic E-state index is 11.1. The van der Waals surface area contributed by atoms with Gasteiger partial charge in [0.2, 0.25) is 0 Å². The first-order valence-electron chi connectivity index (χ1n) is 5.59. The zero-order chi connectivity index (χ0) is 11.5. The molecule has 1 aromatic rings. The van der Waals surface area contributed by atoms with Gasteiger partial charge in [-0.1, -0.05) is 0 Å². The lowest BCUT2D eigenvalue weighted by Crippen LogP contribution is -2.28. The standard InChI is InChI=1S/C11H16N2O3/c1-2-13-7-8(6-12-13)10-9(11(14)15)4-3-5-16-10/h6-7,9-10H,2-5H2,1H3,(H,14,15)/t9-,10+/m1/s1. The lowest BCUT2D eigenvalue weighted by molar-refractivity contribution is -0.151. The van der Waals surface area contributed by atoms with Crippen LogP contribution in [0.4, 0.5) is 0 Å². The Morgan fingerprint density at radius 3 is 3.19 bits per heavy atom. The van der Waals surface area contributed by atoms with Crippen molar-refractivity contribution in [3.05, 3.63) is 18.0 Å². The van der Waals surface area contributed by atoms with Crippen LogP contribution in [0.1, 0.15) is 31.4 Å². The highest BCUT2D eigenvalue weighted by Gasteiger charge is 2.33. The summed E-state index contributed by atoms with van der Waals surface area (Å²) in [6.45, 7) is 3.41. The van der Waals surface area contributed by atoms with Crippen LogP contribution in [-0.2, 0) is 16.1 Å². The normalized spacial score (nSPS) is 25.6. The lowest BCUT2D eigenvalue weighted by Gasteiger charge is -2.28. The number of carboxylic acid groups (broad SMARTS) is 1. The van der Waals surface area contributed by atoms with Crippen molar-refractivity contribution < 1.29 is 14.6 Å². The first-order valence-corrected chi connectivity index (χ1v) is 5.59. The van der Waals surface area contributed by atoms with E-state index in [-0.39, 0.29) is 6.10 Å². The van der Waals surface area contributed by atoms with Gasteiger partial charge in [-0.05, 0) is 19.8 Å². The molecule has 16 heavy (non-hydrogen) atoms. The molecule has 2 atom stereocenters. The third-order valence-corrected chi connectivity index (χ3v) is 2.95. The Kier molecular flexibility index (Phi) is 3.24.